The first-order valence-corrected chi connectivity index (χ1v) is 8.30. The number of nitrogens with zero attached hydrogens (tertiary/aromatic N) is 2. The summed E-state index contributed by atoms with van der Waals surface area (Å²) in [5, 5.41) is 13.7. The summed E-state index contributed by atoms with van der Waals surface area (Å²) >= 11 is 1.04. The van der Waals surface area contributed by atoms with Crippen molar-refractivity contribution < 1.29 is 18.9 Å². The smallest absolute Gasteiger partial charge is 0.286 e. The number of carbonyl (C=O) groups is 2. The molecule has 0 fully saturated rings. The quantitative estimate of drug-likeness (QED) is 0.503. The van der Waals surface area contributed by atoms with Crippen LogP contribution in [-0.2, 0) is 9.59 Å². The van der Waals surface area contributed by atoms with Crippen LogP contribution in [0.5, 0.6) is 0 Å². The molecule has 0 unspecified atom stereocenters. The van der Waals surface area contributed by atoms with Gasteiger partial charge in [-0.1, -0.05) is 12.1 Å². The Labute approximate surface area is 152 Å². The van der Waals surface area contributed by atoms with Gasteiger partial charge >= 0.3 is 0 Å². The molecule has 0 saturated carbocycles. The van der Waals surface area contributed by atoms with Crippen molar-refractivity contribution in [2.45, 2.75) is 13.8 Å². The lowest BCUT2D eigenvalue weighted by molar-refractivity contribution is -0.385. The summed E-state index contributed by atoms with van der Waals surface area (Å²) in [5.74, 6) is 0.0611. The molecule has 0 radical (unpaired) electrons. The fourth-order valence-corrected chi connectivity index (χ4v) is 3.13. The number of nitro groups is 1. The minimum atomic E-state index is -0.470. The molecule has 2 heterocycles. The predicted molar refractivity (Wildman–Crippen MR) is 97.4 cm³/mol. The van der Waals surface area contributed by atoms with Gasteiger partial charge in [-0.15, -0.1) is 0 Å². The summed E-state index contributed by atoms with van der Waals surface area (Å²) in [5.41, 5.74) is 1.13. The Morgan fingerprint density at radius 2 is 2.12 bits per heavy atom. The molecule has 1 aromatic carbocycles. The lowest BCUT2D eigenvalue weighted by atomic mass is 10.1. The number of aliphatic imine (C=N–C) groups is 1. The number of amides is 2. The zero-order chi connectivity index (χ0) is 18.8. The molecular formula is C17H13N3O5S. The monoisotopic (exact) mass is 371 g/mol. The van der Waals surface area contributed by atoms with Crippen molar-refractivity contribution in [3.8, 4) is 11.3 Å². The number of furan rings is 1. The van der Waals surface area contributed by atoms with E-state index in [1.165, 1.54) is 19.1 Å². The average Bonchev–Trinajstić information content (AvgIpc) is 3.14. The van der Waals surface area contributed by atoms with E-state index in [1.807, 2.05) is 0 Å². The second kappa shape index (κ2) is 6.96. The Balaban J connectivity index is 1.83. The lowest BCUT2D eigenvalue weighted by Gasteiger charge is -2.00. The van der Waals surface area contributed by atoms with Crippen LogP contribution in [0.2, 0.25) is 0 Å². The summed E-state index contributed by atoms with van der Waals surface area (Å²) in [7, 11) is 0. The van der Waals surface area contributed by atoms with Gasteiger partial charge in [-0.2, -0.15) is 4.99 Å². The first-order chi connectivity index (χ1) is 12.3. The highest BCUT2D eigenvalue weighted by molar-refractivity contribution is 8.18. The van der Waals surface area contributed by atoms with Gasteiger partial charge < -0.3 is 9.73 Å². The first-order valence-electron chi connectivity index (χ1n) is 7.49. The van der Waals surface area contributed by atoms with Crippen molar-refractivity contribution in [1.29, 1.82) is 0 Å². The maximum absolute atomic E-state index is 11.9. The number of amidine groups is 1. The number of thioether (sulfide) groups is 1. The van der Waals surface area contributed by atoms with Gasteiger partial charge in [-0.05, 0) is 30.8 Å². The van der Waals surface area contributed by atoms with E-state index in [4.69, 9.17) is 4.42 Å². The minimum Gasteiger partial charge on any atom is -0.457 e. The van der Waals surface area contributed by atoms with Crippen LogP contribution < -0.4 is 5.32 Å². The fourth-order valence-electron chi connectivity index (χ4n) is 2.29. The van der Waals surface area contributed by atoms with E-state index in [2.05, 4.69) is 10.3 Å². The molecule has 132 valence electrons. The summed E-state index contributed by atoms with van der Waals surface area (Å²) in [6.45, 7) is 2.99. The summed E-state index contributed by atoms with van der Waals surface area (Å²) in [4.78, 5) is 37.6. The third-order valence-electron chi connectivity index (χ3n) is 3.49. The molecule has 26 heavy (non-hydrogen) atoms. The fraction of sp³-hybridized carbons (Fsp3) is 0.118. The Bertz CT molecular complexity index is 990. The largest absolute Gasteiger partial charge is 0.457 e. The van der Waals surface area contributed by atoms with Crippen molar-refractivity contribution in [3.05, 3.63) is 56.7 Å². The van der Waals surface area contributed by atoms with Crippen LogP contribution in [0.4, 0.5) is 5.69 Å². The number of nitro benzene ring substituents is 1. The number of rotatable bonds is 3. The zero-order valence-electron chi connectivity index (χ0n) is 13.8. The number of carbonyl (C=O) groups excluding carboxylic acids is 2. The zero-order valence-corrected chi connectivity index (χ0v) is 14.6. The molecule has 8 nitrogen and oxygen atoms in total. The van der Waals surface area contributed by atoms with E-state index in [9.17, 15) is 19.7 Å². The van der Waals surface area contributed by atoms with Crippen LogP contribution in [0.15, 0.2) is 44.6 Å². The molecule has 0 spiro atoms. The van der Waals surface area contributed by atoms with Gasteiger partial charge in [0.05, 0.1) is 9.83 Å². The molecule has 2 amide bonds. The summed E-state index contributed by atoms with van der Waals surface area (Å²) in [6.07, 6.45) is 1.51. The maximum atomic E-state index is 11.9. The van der Waals surface area contributed by atoms with Gasteiger partial charge in [0.15, 0.2) is 5.17 Å². The van der Waals surface area contributed by atoms with Crippen molar-refractivity contribution in [3.63, 3.8) is 0 Å². The second-order valence-electron chi connectivity index (χ2n) is 5.47. The molecule has 1 N–H and O–H groups in total. The maximum Gasteiger partial charge on any atom is 0.286 e. The molecule has 9 heteroatoms. The number of hydrogen-bond acceptors (Lipinski definition) is 6. The molecule has 0 atom stereocenters. The highest BCUT2D eigenvalue weighted by atomic mass is 32.2. The van der Waals surface area contributed by atoms with E-state index in [-0.39, 0.29) is 16.8 Å². The molecule has 0 aliphatic carbocycles. The Morgan fingerprint density at radius 3 is 2.81 bits per heavy atom. The Morgan fingerprint density at radius 1 is 1.35 bits per heavy atom. The standard InChI is InChI=1S/C17H13N3O5S/c1-9-3-4-11(7-13(9)20(23)24)14-6-5-12(25-14)8-15-16(22)19-17(26-15)18-10(2)21/h3-8H,1-2H3,(H,18,19,21,22). The van der Waals surface area contributed by atoms with Crippen LogP contribution in [0.1, 0.15) is 18.2 Å². The third kappa shape index (κ3) is 3.72. The predicted octanol–water partition coefficient (Wildman–Crippen LogP) is 3.27. The van der Waals surface area contributed by atoms with Crippen LogP contribution in [-0.4, -0.2) is 21.9 Å². The van der Waals surface area contributed by atoms with Gasteiger partial charge in [0.2, 0.25) is 5.91 Å². The van der Waals surface area contributed by atoms with Crippen molar-refractivity contribution in [2.24, 2.45) is 4.99 Å². The van der Waals surface area contributed by atoms with Crippen LogP contribution in [0.3, 0.4) is 0 Å². The Hall–Kier alpha value is -3.20. The van der Waals surface area contributed by atoms with Gasteiger partial charge in [0.25, 0.3) is 11.6 Å². The molecule has 0 bridgehead atoms. The second-order valence-corrected chi connectivity index (χ2v) is 6.50. The van der Waals surface area contributed by atoms with E-state index in [0.29, 0.717) is 27.6 Å². The lowest BCUT2D eigenvalue weighted by Crippen LogP contribution is -2.23. The molecule has 1 aliphatic heterocycles. The average molecular weight is 371 g/mol. The van der Waals surface area contributed by atoms with Crippen LogP contribution >= 0.6 is 11.8 Å². The topological polar surface area (TPSA) is 115 Å². The molecular weight excluding hydrogens is 358 g/mol. The van der Waals surface area contributed by atoms with Crippen LogP contribution in [0.25, 0.3) is 17.4 Å². The SMILES string of the molecule is CC(=O)NC1=NC(=O)C(=Cc2ccc(-c3ccc(C)c([N+](=O)[O-])c3)o2)S1. The van der Waals surface area contributed by atoms with Crippen molar-refractivity contribution in [2.75, 3.05) is 0 Å². The first kappa shape index (κ1) is 17.6. The molecule has 0 saturated heterocycles. The molecule has 1 aliphatic rings. The van der Waals surface area contributed by atoms with E-state index in [0.717, 1.165) is 11.8 Å². The van der Waals surface area contributed by atoms with Gasteiger partial charge in [-0.3, -0.25) is 19.7 Å². The number of aryl methyl sites for hydroxylation is 1. The highest BCUT2D eigenvalue weighted by Gasteiger charge is 2.23. The van der Waals surface area contributed by atoms with E-state index >= 15 is 0 Å². The number of benzene rings is 1. The van der Waals surface area contributed by atoms with Gasteiger partial charge in [0, 0.05) is 30.2 Å². The van der Waals surface area contributed by atoms with Crippen molar-refractivity contribution in [1.82, 2.24) is 5.32 Å². The number of nitrogens with one attached hydrogen (secondary N) is 1. The Kier molecular flexibility index (Phi) is 4.72. The van der Waals surface area contributed by atoms with Crippen molar-refractivity contribution >= 4 is 40.5 Å². The third-order valence-corrected chi connectivity index (χ3v) is 4.39. The summed E-state index contributed by atoms with van der Waals surface area (Å²) in [6, 6.07) is 8.14. The van der Waals surface area contributed by atoms with Crippen LogP contribution in [0, 0.1) is 17.0 Å². The van der Waals surface area contributed by atoms with Gasteiger partial charge in [0.1, 0.15) is 11.5 Å². The normalized spacial score (nSPS) is 15.2. The summed E-state index contributed by atoms with van der Waals surface area (Å²) < 4.78 is 5.67. The molecule has 1 aromatic heterocycles. The minimum absolute atomic E-state index is 0.00804. The number of hydrogen-bond donors (Lipinski definition) is 1. The van der Waals surface area contributed by atoms with E-state index in [1.54, 1.807) is 31.2 Å². The highest BCUT2D eigenvalue weighted by Crippen LogP contribution is 2.31. The van der Waals surface area contributed by atoms with E-state index < -0.39 is 10.8 Å². The molecule has 2 aromatic rings. The molecule has 3 rings (SSSR count). The van der Waals surface area contributed by atoms with Gasteiger partial charge in [-0.25, -0.2) is 0 Å².